The Labute approximate surface area is 136 Å². The molecule has 3 aromatic rings. The van der Waals surface area contributed by atoms with Crippen molar-refractivity contribution < 1.29 is 4.74 Å². The van der Waals surface area contributed by atoms with Crippen LogP contribution in [0, 0.1) is 18.3 Å². The number of nitrogens with zero attached hydrogens (tertiary/aromatic N) is 2. The lowest BCUT2D eigenvalue weighted by atomic mass is 10.2. The molecule has 1 heterocycles. The van der Waals surface area contributed by atoms with Crippen LogP contribution in [0.5, 0.6) is 5.75 Å². The first-order chi connectivity index (χ1) is 11.1. The highest BCUT2D eigenvalue weighted by molar-refractivity contribution is 5.83. The number of hydrogen-bond acceptors (Lipinski definition) is 3. The molecule has 118 valence electrons. The van der Waals surface area contributed by atoms with E-state index in [2.05, 4.69) is 41.8 Å². The van der Waals surface area contributed by atoms with Gasteiger partial charge in [0.15, 0.2) is 0 Å². The fraction of sp³-hybridized carbons (Fsp3) is 0.211. The van der Waals surface area contributed by atoms with E-state index in [0.29, 0.717) is 0 Å². The van der Waals surface area contributed by atoms with Crippen molar-refractivity contribution >= 4 is 16.6 Å². The van der Waals surface area contributed by atoms with Crippen LogP contribution in [-0.4, -0.2) is 11.7 Å². The van der Waals surface area contributed by atoms with Crippen molar-refractivity contribution in [2.45, 2.75) is 20.4 Å². The summed E-state index contributed by atoms with van der Waals surface area (Å²) in [6, 6.07) is 18.2. The van der Waals surface area contributed by atoms with Gasteiger partial charge in [0, 0.05) is 35.8 Å². The Hall–Kier alpha value is -2.93. The van der Waals surface area contributed by atoms with Crippen molar-refractivity contribution in [3.8, 4) is 11.8 Å². The average molecular weight is 307 g/mol. The standard InChI is InChI=1S/C17H18N2O.C2H3N/c1-12-9-14-10-16(20-2)7-8-17(14)19(12)11-13-3-5-15(18)6-4-13;1-2-3/h3-10H,11,18H2,1-2H3;1H3. The second kappa shape index (κ2) is 7.37. The minimum Gasteiger partial charge on any atom is -0.497 e. The molecule has 0 aliphatic heterocycles. The molecular formula is C19H21N3O. The summed E-state index contributed by atoms with van der Waals surface area (Å²) < 4.78 is 7.59. The Morgan fingerprint density at radius 1 is 1.13 bits per heavy atom. The summed E-state index contributed by atoms with van der Waals surface area (Å²) in [6.45, 7) is 4.41. The van der Waals surface area contributed by atoms with E-state index in [1.165, 1.54) is 29.1 Å². The molecule has 0 saturated carbocycles. The first-order valence-corrected chi connectivity index (χ1v) is 7.38. The van der Waals surface area contributed by atoms with Gasteiger partial charge < -0.3 is 15.0 Å². The zero-order valence-electron chi connectivity index (χ0n) is 13.7. The van der Waals surface area contributed by atoms with Crippen LogP contribution in [0.1, 0.15) is 18.2 Å². The molecule has 1 aromatic heterocycles. The number of nitrogen functional groups attached to an aromatic ring is 1. The van der Waals surface area contributed by atoms with Crippen LogP contribution in [0.2, 0.25) is 0 Å². The van der Waals surface area contributed by atoms with Gasteiger partial charge in [0.25, 0.3) is 0 Å². The maximum absolute atomic E-state index is 7.32. The summed E-state index contributed by atoms with van der Waals surface area (Å²) in [5.41, 5.74) is 10.2. The molecule has 0 amide bonds. The minimum absolute atomic E-state index is 0.799. The SMILES string of the molecule is CC#N.COc1ccc2c(c1)cc(C)n2Cc1ccc(N)cc1. The summed E-state index contributed by atoms with van der Waals surface area (Å²) in [6.07, 6.45) is 0. The lowest BCUT2D eigenvalue weighted by Crippen LogP contribution is -2.01. The Morgan fingerprint density at radius 2 is 1.78 bits per heavy atom. The summed E-state index contributed by atoms with van der Waals surface area (Å²) in [5, 5.41) is 8.53. The maximum atomic E-state index is 7.32. The number of ether oxygens (including phenoxy) is 1. The topological polar surface area (TPSA) is 64.0 Å². The fourth-order valence-electron chi connectivity index (χ4n) is 2.53. The third kappa shape index (κ3) is 3.83. The molecule has 0 fully saturated rings. The molecule has 4 heteroatoms. The van der Waals surface area contributed by atoms with E-state index in [1.54, 1.807) is 13.2 Å². The van der Waals surface area contributed by atoms with Gasteiger partial charge >= 0.3 is 0 Å². The Balaban J connectivity index is 0.000000595. The smallest absolute Gasteiger partial charge is 0.119 e. The molecule has 2 aromatic carbocycles. The number of hydrogen-bond donors (Lipinski definition) is 1. The first kappa shape index (κ1) is 16.4. The van der Waals surface area contributed by atoms with Gasteiger partial charge in [-0.2, -0.15) is 5.26 Å². The molecule has 23 heavy (non-hydrogen) atoms. The van der Waals surface area contributed by atoms with Crippen LogP contribution in [-0.2, 0) is 6.54 Å². The molecule has 0 radical (unpaired) electrons. The lowest BCUT2D eigenvalue weighted by molar-refractivity contribution is 0.415. The molecular weight excluding hydrogens is 286 g/mol. The van der Waals surface area contributed by atoms with E-state index in [-0.39, 0.29) is 0 Å². The highest BCUT2D eigenvalue weighted by atomic mass is 16.5. The fourth-order valence-corrected chi connectivity index (χ4v) is 2.53. The predicted molar refractivity (Wildman–Crippen MR) is 94.5 cm³/mol. The number of nitrogens with two attached hydrogens (primary N) is 1. The summed E-state index contributed by atoms with van der Waals surface area (Å²) in [7, 11) is 1.69. The van der Waals surface area contributed by atoms with Crippen LogP contribution >= 0.6 is 0 Å². The number of fused-ring (bicyclic) bond motifs is 1. The summed E-state index contributed by atoms with van der Waals surface area (Å²) in [4.78, 5) is 0. The number of anilines is 1. The van der Waals surface area contributed by atoms with Crippen LogP contribution < -0.4 is 10.5 Å². The van der Waals surface area contributed by atoms with Gasteiger partial charge in [0.2, 0.25) is 0 Å². The van der Waals surface area contributed by atoms with Gasteiger partial charge in [0.05, 0.1) is 13.2 Å². The highest BCUT2D eigenvalue weighted by Crippen LogP contribution is 2.25. The molecule has 4 nitrogen and oxygen atoms in total. The third-order valence-corrected chi connectivity index (χ3v) is 3.64. The van der Waals surface area contributed by atoms with Gasteiger partial charge in [-0.1, -0.05) is 12.1 Å². The van der Waals surface area contributed by atoms with Gasteiger partial charge in [-0.3, -0.25) is 0 Å². The predicted octanol–water partition coefficient (Wildman–Crippen LogP) is 4.12. The van der Waals surface area contributed by atoms with E-state index >= 15 is 0 Å². The molecule has 0 spiro atoms. The van der Waals surface area contributed by atoms with Crippen molar-refractivity contribution in [1.29, 1.82) is 5.26 Å². The van der Waals surface area contributed by atoms with Gasteiger partial charge in [-0.15, -0.1) is 0 Å². The Kier molecular flexibility index (Phi) is 5.27. The number of aryl methyl sites for hydroxylation is 1. The molecule has 0 bridgehead atoms. The number of methoxy groups -OCH3 is 1. The van der Waals surface area contributed by atoms with Crippen LogP contribution in [0.25, 0.3) is 10.9 Å². The molecule has 3 rings (SSSR count). The number of nitriles is 1. The first-order valence-electron chi connectivity index (χ1n) is 7.38. The quantitative estimate of drug-likeness (QED) is 0.740. The summed E-state index contributed by atoms with van der Waals surface area (Å²) >= 11 is 0. The number of aromatic nitrogens is 1. The summed E-state index contributed by atoms with van der Waals surface area (Å²) in [5.74, 6) is 0.891. The van der Waals surface area contributed by atoms with E-state index in [4.69, 9.17) is 15.7 Å². The van der Waals surface area contributed by atoms with E-state index in [0.717, 1.165) is 18.0 Å². The van der Waals surface area contributed by atoms with Crippen LogP contribution in [0.3, 0.4) is 0 Å². The highest BCUT2D eigenvalue weighted by Gasteiger charge is 2.07. The number of benzene rings is 2. The van der Waals surface area contributed by atoms with Crippen molar-refractivity contribution in [3.63, 3.8) is 0 Å². The van der Waals surface area contributed by atoms with Crippen molar-refractivity contribution in [1.82, 2.24) is 4.57 Å². The molecule has 0 saturated heterocycles. The Morgan fingerprint density at radius 3 is 2.39 bits per heavy atom. The van der Waals surface area contributed by atoms with Crippen LogP contribution in [0.15, 0.2) is 48.5 Å². The van der Waals surface area contributed by atoms with Crippen molar-refractivity contribution in [3.05, 3.63) is 59.8 Å². The van der Waals surface area contributed by atoms with E-state index < -0.39 is 0 Å². The largest absolute Gasteiger partial charge is 0.497 e. The average Bonchev–Trinajstić information content (AvgIpc) is 2.85. The molecule has 0 atom stereocenters. The second-order valence-corrected chi connectivity index (χ2v) is 5.26. The molecule has 0 unspecified atom stereocenters. The monoisotopic (exact) mass is 307 g/mol. The molecule has 2 N–H and O–H groups in total. The zero-order valence-corrected chi connectivity index (χ0v) is 13.7. The number of rotatable bonds is 3. The van der Waals surface area contributed by atoms with Crippen molar-refractivity contribution in [2.75, 3.05) is 12.8 Å². The van der Waals surface area contributed by atoms with E-state index in [9.17, 15) is 0 Å². The molecule has 0 aliphatic carbocycles. The van der Waals surface area contributed by atoms with Gasteiger partial charge in [-0.25, -0.2) is 0 Å². The normalized spacial score (nSPS) is 9.83. The van der Waals surface area contributed by atoms with Gasteiger partial charge in [-0.05, 0) is 48.9 Å². The lowest BCUT2D eigenvalue weighted by Gasteiger charge is -2.09. The maximum Gasteiger partial charge on any atom is 0.119 e. The second-order valence-electron chi connectivity index (χ2n) is 5.26. The van der Waals surface area contributed by atoms with Gasteiger partial charge in [0.1, 0.15) is 5.75 Å². The molecule has 0 aliphatic rings. The third-order valence-electron chi connectivity index (χ3n) is 3.64. The minimum atomic E-state index is 0.799. The van der Waals surface area contributed by atoms with Crippen LogP contribution in [0.4, 0.5) is 5.69 Å². The van der Waals surface area contributed by atoms with E-state index in [1.807, 2.05) is 18.2 Å². The zero-order chi connectivity index (χ0) is 16.8. The Bertz CT molecular complexity index is 826. The van der Waals surface area contributed by atoms with Crippen molar-refractivity contribution in [2.24, 2.45) is 0 Å².